The third kappa shape index (κ3) is 4.01. The molecule has 0 spiro atoms. The highest BCUT2D eigenvalue weighted by atomic mass is 16.3. The van der Waals surface area contributed by atoms with Gasteiger partial charge in [-0.15, -0.1) is 0 Å². The van der Waals surface area contributed by atoms with E-state index in [-0.39, 0.29) is 5.91 Å². The summed E-state index contributed by atoms with van der Waals surface area (Å²) < 4.78 is 1.70. The van der Waals surface area contributed by atoms with Crippen LogP contribution in [-0.4, -0.2) is 42.9 Å². The van der Waals surface area contributed by atoms with Gasteiger partial charge in [-0.3, -0.25) is 9.48 Å². The number of carbonyl (C=O) groups is 1. The molecule has 4 rings (SSSR count). The van der Waals surface area contributed by atoms with Crippen molar-refractivity contribution in [3.63, 3.8) is 0 Å². The largest absolute Gasteiger partial charge is 0.388 e. The van der Waals surface area contributed by atoms with E-state index in [9.17, 15) is 9.90 Å². The number of amides is 1. The molecular weight excluding hydrogens is 356 g/mol. The Morgan fingerprint density at radius 1 is 1.25 bits per heavy atom. The second-order valence-corrected chi connectivity index (χ2v) is 7.24. The van der Waals surface area contributed by atoms with Crippen molar-refractivity contribution in [2.75, 3.05) is 11.9 Å². The van der Waals surface area contributed by atoms with Gasteiger partial charge in [0.1, 0.15) is 0 Å². The van der Waals surface area contributed by atoms with E-state index in [1.807, 2.05) is 32.3 Å². The summed E-state index contributed by atoms with van der Waals surface area (Å²) in [6.45, 7) is 2.24. The molecule has 8 nitrogen and oxygen atoms in total. The lowest BCUT2D eigenvalue weighted by molar-refractivity contribution is 0.0896. The number of anilines is 2. The van der Waals surface area contributed by atoms with E-state index >= 15 is 0 Å². The average Bonchev–Trinajstić information content (AvgIpc) is 3.29. The summed E-state index contributed by atoms with van der Waals surface area (Å²) in [5, 5.41) is 19.9. The Morgan fingerprint density at radius 2 is 2.00 bits per heavy atom. The molecule has 1 saturated carbocycles. The Hall–Kier alpha value is -3.26. The maximum absolute atomic E-state index is 12.2. The van der Waals surface area contributed by atoms with Gasteiger partial charge in [0.05, 0.1) is 23.2 Å². The zero-order valence-corrected chi connectivity index (χ0v) is 15.8. The third-order valence-corrected chi connectivity index (χ3v) is 4.76. The van der Waals surface area contributed by atoms with Crippen LogP contribution in [0.25, 0.3) is 11.3 Å². The fourth-order valence-electron chi connectivity index (χ4n) is 2.86. The average molecular weight is 378 g/mol. The molecule has 1 aromatic carbocycles. The van der Waals surface area contributed by atoms with Gasteiger partial charge in [-0.25, -0.2) is 9.97 Å². The monoisotopic (exact) mass is 378 g/mol. The lowest BCUT2D eigenvalue weighted by atomic mass is 10.1. The molecule has 2 heterocycles. The Bertz CT molecular complexity index is 1010. The van der Waals surface area contributed by atoms with E-state index < -0.39 is 5.60 Å². The summed E-state index contributed by atoms with van der Waals surface area (Å²) in [7, 11) is 1.84. The lowest BCUT2D eigenvalue weighted by Gasteiger charge is -2.11. The third-order valence-electron chi connectivity index (χ3n) is 4.76. The second kappa shape index (κ2) is 7.05. The number of nitrogens with zero attached hydrogens (tertiary/aromatic N) is 4. The van der Waals surface area contributed by atoms with E-state index in [4.69, 9.17) is 0 Å². The van der Waals surface area contributed by atoms with Crippen LogP contribution in [-0.2, 0) is 7.05 Å². The fraction of sp³-hybridized carbons (Fsp3) is 0.300. The quantitative estimate of drug-likeness (QED) is 0.607. The van der Waals surface area contributed by atoms with Gasteiger partial charge in [0, 0.05) is 37.1 Å². The van der Waals surface area contributed by atoms with Gasteiger partial charge in [-0.05, 0) is 37.5 Å². The molecule has 0 bridgehead atoms. The first-order valence-corrected chi connectivity index (χ1v) is 9.12. The van der Waals surface area contributed by atoms with Crippen LogP contribution in [0.15, 0.2) is 42.9 Å². The number of rotatable bonds is 6. The Kier molecular flexibility index (Phi) is 4.56. The SMILES string of the molecule is Cc1cnc(Nc2cnn(C)c2)nc1-c1ccc(C(=O)NCC2(O)CC2)cc1. The van der Waals surface area contributed by atoms with Gasteiger partial charge in [-0.1, -0.05) is 12.1 Å². The number of hydrogen-bond acceptors (Lipinski definition) is 6. The Morgan fingerprint density at radius 3 is 2.64 bits per heavy atom. The Balaban J connectivity index is 1.50. The second-order valence-electron chi connectivity index (χ2n) is 7.24. The molecule has 1 fully saturated rings. The van der Waals surface area contributed by atoms with Crippen LogP contribution >= 0.6 is 0 Å². The Labute approximate surface area is 162 Å². The first-order valence-electron chi connectivity index (χ1n) is 9.12. The number of hydrogen-bond donors (Lipinski definition) is 3. The number of nitrogens with one attached hydrogen (secondary N) is 2. The molecule has 0 radical (unpaired) electrons. The molecule has 0 unspecified atom stereocenters. The minimum absolute atomic E-state index is 0.190. The van der Waals surface area contributed by atoms with Crippen molar-refractivity contribution < 1.29 is 9.90 Å². The van der Waals surface area contributed by atoms with Crippen LogP contribution in [0.1, 0.15) is 28.8 Å². The van der Waals surface area contributed by atoms with Crippen molar-refractivity contribution in [2.45, 2.75) is 25.4 Å². The van der Waals surface area contributed by atoms with Crippen LogP contribution in [0.4, 0.5) is 11.6 Å². The molecule has 2 aromatic heterocycles. The first kappa shape index (κ1) is 18.1. The summed E-state index contributed by atoms with van der Waals surface area (Å²) in [6.07, 6.45) is 6.80. The smallest absolute Gasteiger partial charge is 0.251 e. The van der Waals surface area contributed by atoms with E-state index in [0.717, 1.165) is 35.3 Å². The van der Waals surface area contributed by atoms with Crippen molar-refractivity contribution in [1.29, 1.82) is 0 Å². The maximum atomic E-state index is 12.2. The molecule has 0 aliphatic heterocycles. The van der Waals surface area contributed by atoms with Gasteiger partial charge in [0.2, 0.25) is 5.95 Å². The molecule has 1 aliphatic carbocycles. The predicted octanol–water partition coefficient (Wildman–Crippen LogP) is 2.18. The van der Waals surface area contributed by atoms with Gasteiger partial charge in [-0.2, -0.15) is 5.10 Å². The molecule has 1 aliphatic rings. The highest BCUT2D eigenvalue weighted by Gasteiger charge is 2.40. The number of carbonyl (C=O) groups excluding carboxylic acids is 1. The summed E-state index contributed by atoms with van der Waals surface area (Å²) in [4.78, 5) is 21.2. The van der Waals surface area contributed by atoms with E-state index in [1.54, 1.807) is 29.2 Å². The van der Waals surface area contributed by atoms with Crippen LogP contribution in [0.2, 0.25) is 0 Å². The fourth-order valence-corrected chi connectivity index (χ4v) is 2.86. The molecule has 28 heavy (non-hydrogen) atoms. The topological polar surface area (TPSA) is 105 Å². The van der Waals surface area contributed by atoms with Crippen LogP contribution < -0.4 is 10.6 Å². The zero-order valence-electron chi connectivity index (χ0n) is 15.8. The standard InChI is InChI=1S/C20H22N6O2/c1-13-9-21-19(24-16-10-23-26(2)11-16)25-17(13)14-3-5-15(6-4-14)18(27)22-12-20(28)7-8-20/h3-6,9-11,28H,7-8,12H2,1-2H3,(H,22,27)(H,21,24,25). The summed E-state index contributed by atoms with van der Waals surface area (Å²) in [5.74, 6) is 0.290. The van der Waals surface area contributed by atoms with Crippen molar-refractivity contribution in [3.05, 3.63) is 54.0 Å². The molecule has 144 valence electrons. The molecule has 1 amide bonds. The highest BCUT2D eigenvalue weighted by molar-refractivity contribution is 5.94. The molecule has 3 N–H and O–H groups in total. The number of aromatic nitrogens is 4. The summed E-state index contributed by atoms with van der Waals surface area (Å²) in [6, 6.07) is 7.25. The van der Waals surface area contributed by atoms with E-state index in [0.29, 0.717) is 18.1 Å². The highest BCUT2D eigenvalue weighted by Crippen LogP contribution is 2.34. The minimum Gasteiger partial charge on any atom is -0.388 e. The van der Waals surface area contributed by atoms with Crippen LogP contribution in [0.5, 0.6) is 0 Å². The molecule has 0 atom stereocenters. The minimum atomic E-state index is -0.703. The maximum Gasteiger partial charge on any atom is 0.251 e. The molecular formula is C20H22N6O2. The van der Waals surface area contributed by atoms with Gasteiger partial charge >= 0.3 is 0 Å². The molecule has 0 saturated heterocycles. The first-order chi connectivity index (χ1) is 13.4. The normalized spacial score (nSPS) is 14.5. The van der Waals surface area contributed by atoms with Crippen molar-refractivity contribution in [1.82, 2.24) is 25.1 Å². The van der Waals surface area contributed by atoms with E-state index in [2.05, 4.69) is 25.7 Å². The van der Waals surface area contributed by atoms with Crippen molar-refractivity contribution >= 4 is 17.5 Å². The van der Waals surface area contributed by atoms with Gasteiger partial charge < -0.3 is 15.7 Å². The molecule has 3 aromatic rings. The zero-order chi connectivity index (χ0) is 19.7. The van der Waals surface area contributed by atoms with Gasteiger partial charge in [0.25, 0.3) is 5.91 Å². The lowest BCUT2D eigenvalue weighted by Crippen LogP contribution is -2.33. The predicted molar refractivity (Wildman–Crippen MR) is 105 cm³/mol. The van der Waals surface area contributed by atoms with E-state index in [1.165, 1.54) is 0 Å². The molecule has 8 heteroatoms. The van der Waals surface area contributed by atoms with Crippen LogP contribution in [0.3, 0.4) is 0 Å². The van der Waals surface area contributed by atoms with Crippen molar-refractivity contribution in [3.8, 4) is 11.3 Å². The number of aliphatic hydroxyl groups is 1. The number of benzene rings is 1. The number of aryl methyl sites for hydroxylation is 2. The van der Waals surface area contributed by atoms with Crippen molar-refractivity contribution in [2.24, 2.45) is 7.05 Å². The van der Waals surface area contributed by atoms with Crippen LogP contribution in [0, 0.1) is 6.92 Å². The summed E-state index contributed by atoms with van der Waals surface area (Å²) >= 11 is 0. The summed E-state index contributed by atoms with van der Waals surface area (Å²) in [5.41, 5.74) is 3.28. The van der Waals surface area contributed by atoms with Gasteiger partial charge in [0.15, 0.2) is 0 Å².